The molecule has 2 heterocycles. The van der Waals surface area contributed by atoms with Crippen LogP contribution in [-0.2, 0) is 0 Å². The highest BCUT2D eigenvalue weighted by atomic mass is 35.5. The van der Waals surface area contributed by atoms with Gasteiger partial charge in [0.05, 0.1) is 17.3 Å². The molecule has 0 aliphatic carbocycles. The van der Waals surface area contributed by atoms with E-state index < -0.39 is 0 Å². The predicted octanol–water partition coefficient (Wildman–Crippen LogP) is 2.25. The third-order valence-electron chi connectivity index (χ3n) is 2.86. The molecule has 2 atom stereocenters. The summed E-state index contributed by atoms with van der Waals surface area (Å²) in [7, 11) is 1.92. The van der Waals surface area contributed by atoms with E-state index in [-0.39, 0.29) is 12.1 Å². The van der Waals surface area contributed by atoms with Gasteiger partial charge in [-0.2, -0.15) is 5.10 Å². The van der Waals surface area contributed by atoms with Crippen molar-refractivity contribution in [2.24, 2.45) is 16.0 Å². The Hall–Kier alpha value is -1.55. The van der Waals surface area contributed by atoms with E-state index in [0.717, 1.165) is 11.4 Å². The van der Waals surface area contributed by atoms with E-state index in [1.54, 1.807) is 0 Å². The van der Waals surface area contributed by atoms with Crippen LogP contribution in [0.5, 0.6) is 0 Å². The van der Waals surface area contributed by atoms with Crippen molar-refractivity contribution in [3.63, 3.8) is 0 Å². The predicted molar refractivity (Wildman–Crippen MR) is 66.5 cm³/mol. The molecule has 2 unspecified atom stereocenters. The molecule has 0 radical (unpaired) electrons. The third kappa shape index (κ3) is 1.38. The fraction of sp³-hybridized carbons (Fsp3) is 0.273. The number of nitrogens with zero attached hydrogens (tertiary/aromatic N) is 3. The SMILES string of the molecule is CN1N=CC2C(Cl)=Nc3ccccc3NC21. The number of hydrogen-bond acceptors (Lipinski definition) is 4. The molecule has 1 aromatic carbocycles. The van der Waals surface area contributed by atoms with Gasteiger partial charge in [0, 0.05) is 13.3 Å². The number of anilines is 1. The molecule has 0 amide bonds. The van der Waals surface area contributed by atoms with Crippen LogP contribution in [-0.4, -0.2) is 29.6 Å². The summed E-state index contributed by atoms with van der Waals surface area (Å²) in [5.41, 5.74) is 1.87. The summed E-state index contributed by atoms with van der Waals surface area (Å²) in [4.78, 5) is 4.42. The zero-order chi connectivity index (χ0) is 11.1. The normalized spacial score (nSPS) is 26.6. The Morgan fingerprint density at radius 2 is 2.19 bits per heavy atom. The lowest BCUT2D eigenvalue weighted by molar-refractivity contribution is 0.296. The summed E-state index contributed by atoms with van der Waals surface area (Å²) < 4.78 is 0. The summed E-state index contributed by atoms with van der Waals surface area (Å²) in [6.45, 7) is 0. The lowest BCUT2D eigenvalue weighted by Gasteiger charge is -2.24. The number of halogens is 1. The maximum atomic E-state index is 6.21. The number of fused-ring (bicyclic) bond motifs is 2. The van der Waals surface area contributed by atoms with Gasteiger partial charge in [0.1, 0.15) is 11.3 Å². The van der Waals surface area contributed by atoms with Gasteiger partial charge in [0.15, 0.2) is 0 Å². The minimum Gasteiger partial charge on any atom is -0.361 e. The smallest absolute Gasteiger partial charge is 0.130 e. The monoisotopic (exact) mass is 234 g/mol. The molecule has 1 N–H and O–H groups in total. The second-order valence-corrected chi connectivity index (χ2v) is 4.29. The zero-order valence-corrected chi connectivity index (χ0v) is 9.52. The standard InChI is InChI=1S/C11H11ClN4/c1-16-11-7(6-13-16)10(12)14-8-4-2-3-5-9(8)15-11/h2-7,11,15H,1H3. The summed E-state index contributed by atoms with van der Waals surface area (Å²) in [6.07, 6.45) is 1.88. The molecule has 82 valence electrons. The van der Waals surface area contributed by atoms with E-state index in [4.69, 9.17) is 11.6 Å². The molecule has 1 aromatic rings. The first kappa shape index (κ1) is 9.66. The Morgan fingerprint density at radius 3 is 3.06 bits per heavy atom. The quantitative estimate of drug-likeness (QED) is 0.748. The maximum Gasteiger partial charge on any atom is 0.130 e. The highest BCUT2D eigenvalue weighted by Crippen LogP contribution is 2.33. The number of hydrazone groups is 1. The lowest BCUT2D eigenvalue weighted by Crippen LogP contribution is -2.38. The number of para-hydroxylation sites is 2. The first-order valence-corrected chi connectivity index (χ1v) is 5.50. The van der Waals surface area contributed by atoms with Crippen LogP contribution in [0.2, 0.25) is 0 Å². The Balaban J connectivity index is 2.09. The van der Waals surface area contributed by atoms with Crippen molar-refractivity contribution in [1.29, 1.82) is 0 Å². The molecule has 0 saturated heterocycles. The molecule has 0 aromatic heterocycles. The number of aliphatic imine (C=N–C) groups is 1. The first-order valence-electron chi connectivity index (χ1n) is 5.12. The average Bonchev–Trinajstić information content (AvgIpc) is 2.57. The van der Waals surface area contributed by atoms with E-state index in [1.807, 2.05) is 42.5 Å². The number of rotatable bonds is 0. The molecule has 2 aliphatic rings. The van der Waals surface area contributed by atoms with Gasteiger partial charge in [-0.15, -0.1) is 0 Å². The van der Waals surface area contributed by atoms with Crippen LogP contribution in [0.15, 0.2) is 34.4 Å². The van der Waals surface area contributed by atoms with Gasteiger partial charge in [0.2, 0.25) is 0 Å². The van der Waals surface area contributed by atoms with Gasteiger partial charge in [0.25, 0.3) is 0 Å². The Labute approximate surface area is 98.6 Å². The van der Waals surface area contributed by atoms with E-state index in [0.29, 0.717) is 5.17 Å². The highest BCUT2D eigenvalue weighted by Gasteiger charge is 2.34. The summed E-state index contributed by atoms with van der Waals surface area (Å²) >= 11 is 6.21. The minimum absolute atomic E-state index is 0.0269. The third-order valence-corrected chi connectivity index (χ3v) is 3.20. The van der Waals surface area contributed by atoms with Crippen molar-refractivity contribution < 1.29 is 0 Å². The Kier molecular flexibility index (Phi) is 2.11. The molecule has 4 nitrogen and oxygen atoms in total. The summed E-state index contributed by atoms with van der Waals surface area (Å²) in [5.74, 6) is 0.0269. The second kappa shape index (κ2) is 3.49. The molecule has 5 heteroatoms. The van der Waals surface area contributed by atoms with Gasteiger partial charge in [-0.25, -0.2) is 4.99 Å². The molecule has 16 heavy (non-hydrogen) atoms. The fourth-order valence-electron chi connectivity index (χ4n) is 1.98. The molecule has 3 rings (SSSR count). The molecule has 2 aliphatic heterocycles. The van der Waals surface area contributed by atoms with Crippen molar-refractivity contribution in [2.45, 2.75) is 6.17 Å². The summed E-state index contributed by atoms with van der Waals surface area (Å²) in [6, 6.07) is 7.87. The fourth-order valence-corrected chi connectivity index (χ4v) is 2.25. The van der Waals surface area contributed by atoms with Crippen LogP contribution < -0.4 is 5.32 Å². The van der Waals surface area contributed by atoms with E-state index >= 15 is 0 Å². The first-order chi connectivity index (χ1) is 7.75. The van der Waals surface area contributed by atoms with Crippen molar-refractivity contribution in [2.75, 3.05) is 12.4 Å². The molecule has 0 fully saturated rings. The van der Waals surface area contributed by atoms with Crippen LogP contribution >= 0.6 is 11.6 Å². The van der Waals surface area contributed by atoms with Gasteiger partial charge < -0.3 is 5.32 Å². The number of hydrogen-bond donors (Lipinski definition) is 1. The zero-order valence-electron chi connectivity index (χ0n) is 8.76. The van der Waals surface area contributed by atoms with Crippen molar-refractivity contribution >= 4 is 34.4 Å². The van der Waals surface area contributed by atoms with Gasteiger partial charge in [-0.1, -0.05) is 23.7 Å². The van der Waals surface area contributed by atoms with Gasteiger partial charge in [-0.05, 0) is 12.1 Å². The van der Waals surface area contributed by atoms with Crippen LogP contribution in [0.1, 0.15) is 0 Å². The van der Waals surface area contributed by atoms with Gasteiger partial charge in [-0.3, -0.25) is 5.01 Å². The second-order valence-electron chi connectivity index (χ2n) is 3.90. The molecular weight excluding hydrogens is 224 g/mol. The summed E-state index contributed by atoms with van der Waals surface area (Å²) in [5, 5.41) is 10.1. The molecule has 0 saturated carbocycles. The van der Waals surface area contributed by atoms with Crippen molar-refractivity contribution in [3.8, 4) is 0 Å². The van der Waals surface area contributed by atoms with Crippen LogP contribution in [0.25, 0.3) is 0 Å². The lowest BCUT2D eigenvalue weighted by atomic mass is 10.1. The topological polar surface area (TPSA) is 40.0 Å². The number of nitrogens with one attached hydrogen (secondary N) is 1. The molecule has 0 bridgehead atoms. The Bertz CT molecular complexity index is 483. The van der Waals surface area contributed by atoms with Crippen LogP contribution in [0.4, 0.5) is 11.4 Å². The van der Waals surface area contributed by atoms with Gasteiger partial charge >= 0.3 is 0 Å². The van der Waals surface area contributed by atoms with E-state index in [1.165, 1.54) is 0 Å². The number of benzene rings is 1. The average molecular weight is 235 g/mol. The van der Waals surface area contributed by atoms with Crippen LogP contribution in [0.3, 0.4) is 0 Å². The van der Waals surface area contributed by atoms with E-state index in [9.17, 15) is 0 Å². The van der Waals surface area contributed by atoms with Crippen molar-refractivity contribution in [1.82, 2.24) is 5.01 Å². The largest absolute Gasteiger partial charge is 0.361 e. The van der Waals surface area contributed by atoms with Crippen LogP contribution in [0, 0.1) is 5.92 Å². The van der Waals surface area contributed by atoms with Crippen molar-refractivity contribution in [3.05, 3.63) is 24.3 Å². The van der Waals surface area contributed by atoms with E-state index in [2.05, 4.69) is 15.4 Å². The molecule has 0 spiro atoms. The minimum atomic E-state index is 0.0269. The Morgan fingerprint density at radius 1 is 1.38 bits per heavy atom. The maximum absolute atomic E-state index is 6.21. The molecular formula is C11H11ClN4. The highest BCUT2D eigenvalue weighted by molar-refractivity contribution is 6.67.